The Labute approximate surface area is 152 Å². The van der Waals surface area contributed by atoms with Crippen LogP contribution in [-0.2, 0) is 30.2 Å². The number of hydrogen-bond acceptors (Lipinski definition) is 7. The first-order chi connectivity index (χ1) is 12.2. The summed E-state index contributed by atoms with van der Waals surface area (Å²) in [6.45, 7) is 1.43. The summed E-state index contributed by atoms with van der Waals surface area (Å²) in [6, 6.07) is 7.06. The molecule has 0 saturated heterocycles. The van der Waals surface area contributed by atoms with Crippen molar-refractivity contribution in [1.82, 2.24) is 9.13 Å². The monoisotopic (exact) mass is 379 g/mol. The van der Waals surface area contributed by atoms with Gasteiger partial charge in [-0.1, -0.05) is 0 Å². The van der Waals surface area contributed by atoms with Crippen molar-refractivity contribution in [3.63, 3.8) is 0 Å². The Morgan fingerprint density at radius 1 is 1.23 bits per heavy atom. The molecule has 1 atom stereocenters. The lowest BCUT2D eigenvalue weighted by Gasteiger charge is -2.13. The van der Waals surface area contributed by atoms with Gasteiger partial charge in [0.1, 0.15) is 11.9 Å². The van der Waals surface area contributed by atoms with Crippen molar-refractivity contribution < 1.29 is 14.5 Å². The van der Waals surface area contributed by atoms with Gasteiger partial charge >= 0.3 is 11.7 Å². The Morgan fingerprint density at radius 2 is 1.85 bits per heavy atom. The molecule has 0 radical (unpaired) electrons. The summed E-state index contributed by atoms with van der Waals surface area (Å²) >= 11 is 1.19. The fourth-order valence-corrected chi connectivity index (χ4v) is 2.94. The lowest BCUT2D eigenvalue weighted by Crippen LogP contribution is -2.38. The van der Waals surface area contributed by atoms with Gasteiger partial charge in [-0.3, -0.25) is 28.8 Å². The predicted molar refractivity (Wildman–Crippen MR) is 95.1 cm³/mol. The van der Waals surface area contributed by atoms with Gasteiger partial charge in [0.2, 0.25) is 0 Å². The highest BCUT2D eigenvalue weighted by Crippen LogP contribution is 2.26. The molecule has 138 valence electrons. The van der Waals surface area contributed by atoms with Gasteiger partial charge in [0, 0.05) is 37.2 Å². The van der Waals surface area contributed by atoms with Gasteiger partial charge in [0.05, 0.1) is 10.6 Å². The number of non-ortho nitro benzene ring substituents is 1. The molecule has 1 aromatic heterocycles. The second-order valence-corrected chi connectivity index (χ2v) is 6.91. The third-order valence-electron chi connectivity index (χ3n) is 3.68. The fourth-order valence-electron chi connectivity index (χ4n) is 2.08. The Hall–Kier alpha value is -2.88. The van der Waals surface area contributed by atoms with E-state index in [0.29, 0.717) is 10.6 Å². The molecule has 0 bridgehead atoms. The molecule has 26 heavy (non-hydrogen) atoms. The molecule has 0 unspecified atom stereocenters. The summed E-state index contributed by atoms with van der Waals surface area (Å²) in [7, 11) is 2.85. The maximum Gasteiger partial charge on any atom is 0.330 e. The van der Waals surface area contributed by atoms with E-state index in [1.807, 2.05) is 0 Å². The summed E-state index contributed by atoms with van der Waals surface area (Å²) in [6.07, 6.45) is 0. The first kappa shape index (κ1) is 19.4. The Bertz CT molecular complexity index is 948. The summed E-state index contributed by atoms with van der Waals surface area (Å²) in [5.74, 6) is -0.526. The minimum Gasteiger partial charge on any atom is -0.458 e. The van der Waals surface area contributed by atoms with Crippen molar-refractivity contribution in [3.8, 4) is 0 Å². The Morgan fingerprint density at radius 3 is 2.42 bits per heavy atom. The van der Waals surface area contributed by atoms with E-state index in [0.717, 1.165) is 4.57 Å². The van der Waals surface area contributed by atoms with E-state index >= 15 is 0 Å². The first-order valence-electron chi connectivity index (χ1n) is 7.54. The molecule has 10 heteroatoms. The van der Waals surface area contributed by atoms with Crippen LogP contribution < -0.4 is 11.2 Å². The standard InChI is InChI=1S/C16H17N3O6S/c1-10(26-13-6-4-11(5-7-13)19(23)24)15(21)25-9-12-8-14(20)18(3)16(22)17(12)2/h4-8,10H,9H2,1-3H3/t10-/m0/s1. The summed E-state index contributed by atoms with van der Waals surface area (Å²) in [5, 5.41) is 10.1. The van der Waals surface area contributed by atoms with E-state index in [9.17, 15) is 24.5 Å². The minimum atomic E-state index is -0.569. The lowest BCUT2D eigenvalue weighted by atomic mass is 10.3. The van der Waals surface area contributed by atoms with Crippen LogP contribution in [0, 0.1) is 10.1 Å². The van der Waals surface area contributed by atoms with Crippen LogP contribution in [-0.4, -0.2) is 25.3 Å². The lowest BCUT2D eigenvalue weighted by molar-refractivity contribution is -0.384. The molecular formula is C16H17N3O6S. The van der Waals surface area contributed by atoms with Crippen LogP contribution >= 0.6 is 11.8 Å². The van der Waals surface area contributed by atoms with E-state index < -0.39 is 27.4 Å². The normalized spacial score (nSPS) is 11.8. The van der Waals surface area contributed by atoms with Crippen molar-refractivity contribution in [2.45, 2.75) is 23.7 Å². The van der Waals surface area contributed by atoms with E-state index in [1.165, 1.54) is 48.6 Å². The molecule has 9 nitrogen and oxygen atoms in total. The first-order valence-corrected chi connectivity index (χ1v) is 8.42. The number of thioether (sulfide) groups is 1. The number of aromatic nitrogens is 2. The number of benzene rings is 1. The quantitative estimate of drug-likeness (QED) is 0.321. The van der Waals surface area contributed by atoms with Crippen LogP contribution in [0.15, 0.2) is 44.8 Å². The number of ether oxygens (including phenoxy) is 1. The van der Waals surface area contributed by atoms with Gasteiger partial charge in [-0.05, 0) is 19.1 Å². The fraction of sp³-hybridized carbons (Fsp3) is 0.312. The van der Waals surface area contributed by atoms with Crippen molar-refractivity contribution in [2.75, 3.05) is 0 Å². The molecule has 0 aliphatic heterocycles. The second-order valence-electron chi connectivity index (χ2n) is 5.49. The molecule has 1 heterocycles. The van der Waals surface area contributed by atoms with E-state index in [1.54, 1.807) is 19.1 Å². The number of nitro groups is 1. The van der Waals surface area contributed by atoms with Gasteiger partial charge in [0.25, 0.3) is 11.2 Å². The number of hydrogen-bond donors (Lipinski definition) is 0. The number of nitrogens with zero attached hydrogens (tertiary/aromatic N) is 3. The van der Waals surface area contributed by atoms with Gasteiger partial charge in [-0.25, -0.2) is 4.79 Å². The number of rotatable bonds is 6. The predicted octanol–water partition coefficient (Wildman–Crippen LogP) is 1.22. The maximum absolute atomic E-state index is 12.1. The smallest absolute Gasteiger partial charge is 0.330 e. The van der Waals surface area contributed by atoms with Crippen LogP contribution in [0.2, 0.25) is 0 Å². The van der Waals surface area contributed by atoms with Crippen molar-refractivity contribution in [1.29, 1.82) is 0 Å². The largest absolute Gasteiger partial charge is 0.458 e. The zero-order valence-corrected chi connectivity index (χ0v) is 15.2. The van der Waals surface area contributed by atoms with Crippen LogP contribution in [0.4, 0.5) is 5.69 Å². The third-order valence-corrected chi connectivity index (χ3v) is 4.77. The van der Waals surface area contributed by atoms with Crippen molar-refractivity contribution in [3.05, 3.63) is 67.0 Å². The average Bonchev–Trinajstić information content (AvgIpc) is 2.61. The van der Waals surface area contributed by atoms with E-state index in [-0.39, 0.29) is 12.3 Å². The van der Waals surface area contributed by atoms with Crippen LogP contribution in [0.25, 0.3) is 0 Å². The zero-order chi connectivity index (χ0) is 19.4. The maximum atomic E-state index is 12.1. The molecule has 2 aromatic rings. The Balaban J connectivity index is 2.00. The summed E-state index contributed by atoms with van der Waals surface area (Å²) < 4.78 is 7.37. The number of nitro benzene ring substituents is 1. The van der Waals surface area contributed by atoms with Gasteiger partial charge < -0.3 is 4.74 Å². The van der Waals surface area contributed by atoms with Gasteiger partial charge in [0.15, 0.2) is 0 Å². The molecule has 0 spiro atoms. The van der Waals surface area contributed by atoms with Crippen LogP contribution in [0.1, 0.15) is 12.6 Å². The molecule has 0 fully saturated rings. The Kier molecular flexibility index (Phi) is 5.98. The van der Waals surface area contributed by atoms with Crippen molar-refractivity contribution >= 4 is 23.4 Å². The summed E-state index contributed by atoms with van der Waals surface area (Å²) in [4.78, 5) is 46.4. The third kappa shape index (κ3) is 4.39. The van der Waals surface area contributed by atoms with Crippen LogP contribution in [0.3, 0.4) is 0 Å². The van der Waals surface area contributed by atoms with Gasteiger partial charge in [-0.2, -0.15) is 0 Å². The molecule has 0 amide bonds. The second kappa shape index (κ2) is 8.00. The number of carbonyl (C=O) groups excluding carboxylic acids is 1. The zero-order valence-electron chi connectivity index (χ0n) is 14.4. The highest BCUT2D eigenvalue weighted by molar-refractivity contribution is 8.00. The number of carbonyl (C=O) groups is 1. The SMILES string of the molecule is C[C@H](Sc1ccc([N+](=O)[O-])cc1)C(=O)OCc1cc(=O)n(C)c(=O)n1C. The molecule has 0 N–H and O–H groups in total. The van der Waals surface area contributed by atoms with E-state index in [4.69, 9.17) is 4.74 Å². The van der Waals surface area contributed by atoms with Crippen molar-refractivity contribution in [2.24, 2.45) is 14.1 Å². The average molecular weight is 379 g/mol. The molecule has 1 aromatic carbocycles. The molecule has 0 aliphatic carbocycles. The summed E-state index contributed by atoms with van der Waals surface area (Å²) in [5.41, 5.74) is -0.723. The minimum absolute atomic E-state index is 0.0313. The highest BCUT2D eigenvalue weighted by atomic mass is 32.2. The number of esters is 1. The van der Waals surface area contributed by atoms with Gasteiger partial charge in [-0.15, -0.1) is 11.8 Å². The highest BCUT2D eigenvalue weighted by Gasteiger charge is 2.18. The molecule has 2 rings (SSSR count). The molecule has 0 aliphatic rings. The van der Waals surface area contributed by atoms with E-state index in [2.05, 4.69) is 0 Å². The molecular weight excluding hydrogens is 362 g/mol. The molecule has 0 saturated carbocycles. The topological polar surface area (TPSA) is 113 Å². The van der Waals surface area contributed by atoms with Crippen LogP contribution in [0.5, 0.6) is 0 Å².